The van der Waals surface area contributed by atoms with Crippen molar-refractivity contribution < 1.29 is 4.79 Å². The molecule has 3 heteroatoms. The lowest BCUT2D eigenvalue weighted by molar-refractivity contribution is 0.138. The Kier molecular flexibility index (Phi) is 4.92. The van der Waals surface area contributed by atoms with Gasteiger partial charge in [0.25, 0.3) is 0 Å². The van der Waals surface area contributed by atoms with Gasteiger partial charge < -0.3 is 9.80 Å². The van der Waals surface area contributed by atoms with E-state index in [4.69, 9.17) is 0 Å². The molecule has 3 nitrogen and oxygen atoms in total. The highest BCUT2D eigenvalue weighted by atomic mass is 16.2. The fourth-order valence-corrected chi connectivity index (χ4v) is 2.02. The maximum Gasteiger partial charge on any atom is 0.319 e. The van der Waals surface area contributed by atoms with Gasteiger partial charge in [0.2, 0.25) is 0 Å². The maximum atomic E-state index is 12.1. The standard InChI is InChI=1S/C12H24N2O/c1-4-13(5-2)12(15)14(6-3)10-11-8-7-9-11/h11H,4-10H2,1-3H3. The summed E-state index contributed by atoms with van der Waals surface area (Å²) in [6, 6.07) is 0.217. The Balaban J connectivity index is 2.44. The third-order valence-corrected chi connectivity index (χ3v) is 3.39. The minimum atomic E-state index is 0.217. The molecule has 15 heavy (non-hydrogen) atoms. The smallest absolute Gasteiger partial charge is 0.319 e. The Hall–Kier alpha value is -0.730. The van der Waals surface area contributed by atoms with Gasteiger partial charge in [-0.3, -0.25) is 0 Å². The van der Waals surface area contributed by atoms with Crippen LogP contribution >= 0.6 is 0 Å². The Labute approximate surface area is 93.4 Å². The van der Waals surface area contributed by atoms with Crippen molar-refractivity contribution in [3.8, 4) is 0 Å². The second-order valence-electron chi connectivity index (χ2n) is 4.29. The van der Waals surface area contributed by atoms with Crippen LogP contribution in [0.2, 0.25) is 0 Å². The average Bonchev–Trinajstić information content (AvgIpc) is 2.18. The molecule has 0 unspecified atom stereocenters. The van der Waals surface area contributed by atoms with Crippen LogP contribution in [0.25, 0.3) is 0 Å². The molecule has 0 aliphatic heterocycles. The lowest BCUT2D eigenvalue weighted by atomic mass is 9.85. The van der Waals surface area contributed by atoms with Gasteiger partial charge in [0.15, 0.2) is 0 Å². The van der Waals surface area contributed by atoms with Crippen LogP contribution < -0.4 is 0 Å². The van der Waals surface area contributed by atoms with E-state index in [2.05, 4.69) is 6.92 Å². The number of rotatable bonds is 5. The topological polar surface area (TPSA) is 23.6 Å². The molecule has 0 saturated heterocycles. The number of carbonyl (C=O) groups excluding carboxylic acids is 1. The van der Waals surface area contributed by atoms with Crippen LogP contribution in [0.3, 0.4) is 0 Å². The van der Waals surface area contributed by atoms with Crippen LogP contribution in [0.15, 0.2) is 0 Å². The van der Waals surface area contributed by atoms with Gasteiger partial charge in [-0.1, -0.05) is 6.42 Å². The van der Waals surface area contributed by atoms with E-state index >= 15 is 0 Å². The fraction of sp³-hybridized carbons (Fsp3) is 0.917. The molecular weight excluding hydrogens is 188 g/mol. The van der Waals surface area contributed by atoms with Crippen LogP contribution in [0.4, 0.5) is 4.79 Å². The van der Waals surface area contributed by atoms with E-state index in [1.54, 1.807) is 0 Å². The van der Waals surface area contributed by atoms with E-state index < -0.39 is 0 Å². The molecule has 0 N–H and O–H groups in total. The zero-order valence-electron chi connectivity index (χ0n) is 10.3. The lowest BCUT2D eigenvalue weighted by Crippen LogP contribution is -2.45. The molecule has 88 valence electrons. The maximum absolute atomic E-state index is 12.1. The number of amides is 2. The van der Waals surface area contributed by atoms with Gasteiger partial charge in [-0.25, -0.2) is 4.79 Å². The molecule has 1 aliphatic rings. The minimum absolute atomic E-state index is 0.217. The molecule has 0 aromatic rings. The predicted octanol–water partition coefficient (Wildman–Crippen LogP) is 2.57. The minimum Gasteiger partial charge on any atom is -0.325 e. The largest absolute Gasteiger partial charge is 0.325 e. The second kappa shape index (κ2) is 5.99. The van der Waals surface area contributed by atoms with E-state index in [0.717, 1.165) is 32.1 Å². The van der Waals surface area contributed by atoms with Crippen molar-refractivity contribution in [3.05, 3.63) is 0 Å². The molecule has 0 heterocycles. The first-order valence-corrected chi connectivity index (χ1v) is 6.26. The van der Waals surface area contributed by atoms with Crippen LogP contribution in [0, 0.1) is 5.92 Å². The molecule has 1 saturated carbocycles. The third-order valence-electron chi connectivity index (χ3n) is 3.39. The first-order chi connectivity index (χ1) is 7.22. The summed E-state index contributed by atoms with van der Waals surface area (Å²) in [4.78, 5) is 16.0. The van der Waals surface area contributed by atoms with Crippen LogP contribution in [-0.4, -0.2) is 42.0 Å². The van der Waals surface area contributed by atoms with Crippen LogP contribution in [-0.2, 0) is 0 Å². The SMILES string of the molecule is CCN(CC)C(=O)N(CC)CC1CCC1. The third kappa shape index (κ3) is 3.11. The Morgan fingerprint density at radius 1 is 1.07 bits per heavy atom. The van der Waals surface area contributed by atoms with Crippen molar-refractivity contribution in [1.29, 1.82) is 0 Å². The summed E-state index contributed by atoms with van der Waals surface area (Å²) in [6.45, 7) is 9.59. The van der Waals surface area contributed by atoms with Gasteiger partial charge in [0.1, 0.15) is 0 Å². The fourth-order valence-electron chi connectivity index (χ4n) is 2.02. The summed E-state index contributed by atoms with van der Waals surface area (Å²) >= 11 is 0. The molecule has 1 rings (SSSR count). The van der Waals surface area contributed by atoms with Gasteiger partial charge in [-0.15, -0.1) is 0 Å². The van der Waals surface area contributed by atoms with E-state index in [1.807, 2.05) is 23.6 Å². The number of urea groups is 1. The number of hydrogen-bond donors (Lipinski definition) is 0. The monoisotopic (exact) mass is 212 g/mol. The van der Waals surface area contributed by atoms with Crippen molar-refractivity contribution in [2.24, 2.45) is 5.92 Å². The Morgan fingerprint density at radius 3 is 1.93 bits per heavy atom. The number of nitrogens with zero attached hydrogens (tertiary/aromatic N) is 2. The van der Waals surface area contributed by atoms with Crippen LogP contribution in [0.5, 0.6) is 0 Å². The highest BCUT2D eigenvalue weighted by Gasteiger charge is 2.24. The molecule has 0 radical (unpaired) electrons. The molecule has 1 fully saturated rings. The average molecular weight is 212 g/mol. The van der Waals surface area contributed by atoms with Crippen LogP contribution in [0.1, 0.15) is 40.0 Å². The van der Waals surface area contributed by atoms with Gasteiger partial charge in [-0.2, -0.15) is 0 Å². The lowest BCUT2D eigenvalue weighted by Gasteiger charge is -2.34. The van der Waals surface area contributed by atoms with Gasteiger partial charge >= 0.3 is 6.03 Å². The van der Waals surface area contributed by atoms with Crippen molar-refractivity contribution in [2.45, 2.75) is 40.0 Å². The summed E-state index contributed by atoms with van der Waals surface area (Å²) in [5, 5.41) is 0. The summed E-state index contributed by atoms with van der Waals surface area (Å²) < 4.78 is 0. The van der Waals surface area contributed by atoms with Gasteiger partial charge in [-0.05, 0) is 39.5 Å². The highest BCUT2D eigenvalue weighted by Crippen LogP contribution is 2.27. The van der Waals surface area contributed by atoms with E-state index in [-0.39, 0.29) is 6.03 Å². The Morgan fingerprint density at radius 2 is 1.60 bits per heavy atom. The van der Waals surface area contributed by atoms with E-state index in [9.17, 15) is 4.79 Å². The molecule has 0 aromatic heterocycles. The first-order valence-electron chi connectivity index (χ1n) is 6.26. The van der Waals surface area contributed by atoms with Crippen molar-refractivity contribution in [2.75, 3.05) is 26.2 Å². The molecule has 0 aromatic carbocycles. The summed E-state index contributed by atoms with van der Waals surface area (Å²) in [5.74, 6) is 0.768. The summed E-state index contributed by atoms with van der Waals surface area (Å²) in [5.41, 5.74) is 0. The molecular formula is C12H24N2O. The molecule has 2 amide bonds. The first kappa shape index (κ1) is 12.3. The van der Waals surface area contributed by atoms with Crippen molar-refractivity contribution >= 4 is 6.03 Å². The molecule has 0 bridgehead atoms. The molecule has 0 atom stereocenters. The summed E-state index contributed by atoms with van der Waals surface area (Å²) in [7, 11) is 0. The normalized spacial score (nSPS) is 15.9. The number of hydrogen-bond acceptors (Lipinski definition) is 1. The quantitative estimate of drug-likeness (QED) is 0.687. The van der Waals surface area contributed by atoms with Gasteiger partial charge in [0, 0.05) is 26.2 Å². The number of carbonyl (C=O) groups is 1. The van der Waals surface area contributed by atoms with Crippen molar-refractivity contribution in [3.63, 3.8) is 0 Å². The summed E-state index contributed by atoms with van der Waals surface area (Å²) in [6.07, 6.45) is 3.96. The van der Waals surface area contributed by atoms with Gasteiger partial charge in [0.05, 0.1) is 0 Å². The molecule has 0 spiro atoms. The molecule has 1 aliphatic carbocycles. The second-order valence-corrected chi connectivity index (χ2v) is 4.29. The zero-order valence-corrected chi connectivity index (χ0v) is 10.3. The Bertz CT molecular complexity index is 198. The zero-order chi connectivity index (χ0) is 11.3. The van der Waals surface area contributed by atoms with E-state index in [0.29, 0.717) is 0 Å². The van der Waals surface area contributed by atoms with E-state index in [1.165, 1.54) is 19.3 Å². The highest BCUT2D eigenvalue weighted by molar-refractivity contribution is 5.74. The van der Waals surface area contributed by atoms with Crippen molar-refractivity contribution in [1.82, 2.24) is 9.80 Å². The predicted molar refractivity (Wildman–Crippen MR) is 62.9 cm³/mol.